The Hall–Kier alpha value is -0.0400. The van der Waals surface area contributed by atoms with Gasteiger partial charge in [0.25, 0.3) is 0 Å². The van der Waals surface area contributed by atoms with Gasteiger partial charge in [-0.05, 0) is 19.3 Å². The Labute approximate surface area is 126 Å². The molecule has 0 spiro atoms. The molecule has 0 fully saturated rings. The van der Waals surface area contributed by atoms with E-state index in [0.29, 0.717) is 5.75 Å². The van der Waals surface area contributed by atoms with Gasteiger partial charge in [-0.1, -0.05) is 50.2 Å². The lowest BCUT2D eigenvalue weighted by Gasteiger charge is -2.19. The third-order valence-electron chi connectivity index (χ3n) is 3.25. The molecule has 0 aliphatic heterocycles. The van der Waals surface area contributed by atoms with Crippen LogP contribution in [-0.4, -0.2) is 28.2 Å². The first-order chi connectivity index (χ1) is 9.70. The van der Waals surface area contributed by atoms with Crippen LogP contribution in [0.2, 0.25) is 0 Å². The molecule has 21 heavy (non-hydrogen) atoms. The Bertz CT molecular complexity index is 258. The van der Waals surface area contributed by atoms with E-state index in [1.54, 1.807) is 0 Å². The van der Waals surface area contributed by atoms with Crippen LogP contribution in [0, 0.1) is 0 Å². The van der Waals surface area contributed by atoms with Crippen molar-refractivity contribution in [1.29, 1.82) is 0 Å². The molecule has 0 saturated heterocycles. The van der Waals surface area contributed by atoms with Crippen LogP contribution < -0.4 is 0 Å². The van der Waals surface area contributed by atoms with Crippen LogP contribution in [0.25, 0.3) is 0 Å². The van der Waals surface area contributed by atoms with E-state index in [9.17, 15) is 26.5 Å². The molecular formula is C14H25F5OS. The van der Waals surface area contributed by atoms with Gasteiger partial charge in [0, 0.05) is 6.42 Å². The molecule has 0 aromatic carbocycles. The second-order valence-corrected chi connectivity index (χ2v) is 6.97. The molecule has 1 atom stereocenters. The Balaban J connectivity index is 3.57. The summed E-state index contributed by atoms with van der Waals surface area (Å²) in [6, 6.07) is 0. The molecule has 0 saturated carbocycles. The molecule has 7 heteroatoms. The van der Waals surface area contributed by atoms with Crippen LogP contribution >= 0.6 is 0 Å². The van der Waals surface area contributed by atoms with E-state index in [1.165, 1.54) is 19.3 Å². The predicted molar refractivity (Wildman–Crippen MR) is 76.1 cm³/mol. The van der Waals surface area contributed by atoms with Crippen LogP contribution in [0.1, 0.15) is 64.7 Å². The quantitative estimate of drug-likeness (QED) is 0.263. The average molecular weight is 336 g/mol. The van der Waals surface area contributed by atoms with Gasteiger partial charge < -0.3 is 4.55 Å². The summed E-state index contributed by atoms with van der Waals surface area (Å²) in [6.45, 7) is 2.13. The predicted octanol–water partition coefficient (Wildman–Crippen LogP) is 5.46. The summed E-state index contributed by atoms with van der Waals surface area (Å²) in [7, 11) is 0. The second kappa shape index (κ2) is 10.6. The molecular weight excluding hydrogens is 311 g/mol. The lowest BCUT2D eigenvalue weighted by molar-refractivity contribution is -0.284. The molecule has 0 aromatic rings. The zero-order valence-corrected chi connectivity index (χ0v) is 13.3. The summed E-state index contributed by atoms with van der Waals surface area (Å²) in [5.74, 6) is -4.36. The number of alkyl halides is 5. The van der Waals surface area contributed by atoms with Crippen molar-refractivity contribution in [2.24, 2.45) is 0 Å². The first-order valence-corrected chi connectivity index (χ1v) is 8.99. The smallest absolute Gasteiger partial charge is 0.453 e. The molecule has 0 aromatic heterocycles. The number of rotatable bonds is 12. The van der Waals surface area contributed by atoms with Gasteiger partial charge >= 0.3 is 12.1 Å². The van der Waals surface area contributed by atoms with E-state index in [2.05, 4.69) is 6.92 Å². The highest BCUT2D eigenvalue weighted by atomic mass is 32.2. The fourth-order valence-corrected chi connectivity index (χ4v) is 3.12. The molecule has 0 aliphatic carbocycles. The maximum Gasteiger partial charge on any atom is 0.453 e. The van der Waals surface area contributed by atoms with E-state index in [1.807, 2.05) is 0 Å². The minimum absolute atomic E-state index is 0.0818. The van der Waals surface area contributed by atoms with Crippen molar-refractivity contribution in [3.8, 4) is 0 Å². The lowest BCUT2D eigenvalue weighted by atomic mass is 10.1. The topological polar surface area (TPSA) is 23.1 Å². The Morgan fingerprint density at radius 1 is 0.762 bits per heavy atom. The minimum atomic E-state index is -5.51. The Morgan fingerprint density at radius 3 is 1.76 bits per heavy atom. The average Bonchev–Trinajstić information content (AvgIpc) is 2.36. The molecule has 0 heterocycles. The van der Waals surface area contributed by atoms with Crippen molar-refractivity contribution in [3.63, 3.8) is 0 Å². The molecule has 0 N–H and O–H groups in total. The summed E-state index contributed by atoms with van der Waals surface area (Å²) in [5.41, 5.74) is 0. The molecule has 0 amide bonds. The van der Waals surface area contributed by atoms with Crippen LogP contribution in [0.4, 0.5) is 22.0 Å². The molecule has 0 bridgehead atoms. The van der Waals surface area contributed by atoms with Gasteiger partial charge in [0.05, 0.1) is 0 Å². The standard InChI is InChI=1S/C14H25F5OS/c1-2-3-4-5-6-7-8-11-21(20)12-9-10-13(15,16)14(17,18)19/h2-12H2,1H3. The first-order valence-electron chi connectivity index (χ1n) is 7.50. The number of hydrogen-bond donors (Lipinski definition) is 0. The minimum Gasteiger partial charge on any atom is -0.616 e. The van der Waals surface area contributed by atoms with E-state index < -0.39 is 29.7 Å². The van der Waals surface area contributed by atoms with E-state index in [4.69, 9.17) is 0 Å². The van der Waals surface area contributed by atoms with E-state index in [-0.39, 0.29) is 12.2 Å². The summed E-state index contributed by atoms with van der Waals surface area (Å²) >= 11 is -1.29. The fraction of sp³-hybridized carbons (Fsp3) is 1.00. The number of unbranched alkanes of at least 4 members (excludes halogenated alkanes) is 6. The summed E-state index contributed by atoms with van der Waals surface area (Å²) in [5, 5.41) is 0. The molecule has 0 radical (unpaired) electrons. The third-order valence-corrected chi connectivity index (χ3v) is 4.74. The maximum absolute atomic E-state index is 12.6. The van der Waals surface area contributed by atoms with Gasteiger partial charge in [-0.3, -0.25) is 0 Å². The van der Waals surface area contributed by atoms with Crippen LogP contribution in [-0.2, 0) is 11.2 Å². The molecule has 1 nitrogen and oxygen atoms in total. The molecule has 128 valence electrons. The highest BCUT2D eigenvalue weighted by Gasteiger charge is 2.56. The van der Waals surface area contributed by atoms with Crippen molar-refractivity contribution in [1.82, 2.24) is 0 Å². The highest BCUT2D eigenvalue weighted by molar-refractivity contribution is 7.91. The normalized spacial score (nSPS) is 14.4. The van der Waals surface area contributed by atoms with Gasteiger partial charge in [-0.2, -0.15) is 22.0 Å². The largest absolute Gasteiger partial charge is 0.616 e. The van der Waals surface area contributed by atoms with Gasteiger partial charge in [0.15, 0.2) is 0 Å². The van der Waals surface area contributed by atoms with Crippen LogP contribution in [0.15, 0.2) is 0 Å². The summed E-state index contributed by atoms with van der Waals surface area (Å²) in [6.07, 6.45) is 0.296. The molecule has 0 rings (SSSR count). The van der Waals surface area contributed by atoms with Gasteiger partial charge in [0.2, 0.25) is 0 Å². The third kappa shape index (κ3) is 10.3. The Kier molecular flexibility index (Phi) is 10.6. The van der Waals surface area contributed by atoms with E-state index in [0.717, 1.165) is 25.7 Å². The number of halogens is 5. The van der Waals surface area contributed by atoms with Crippen molar-refractivity contribution in [3.05, 3.63) is 0 Å². The van der Waals surface area contributed by atoms with Gasteiger partial charge in [0.1, 0.15) is 11.5 Å². The van der Waals surface area contributed by atoms with E-state index >= 15 is 0 Å². The van der Waals surface area contributed by atoms with Crippen molar-refractivity contribution in [2.75, 3.05) is 11.5 Å². The SMILES string of the molecule is CCCCCCCCC[S+]([O-])CCCC(F)(F)C(F)(F)F. The van der Waals surface area contributed by atoms with Crippen LogP contribution in [0.5, 0.6) is 0 Å². The molecule has 1 unspecified atom stereocenters. The van der Waals surface area contributed by atoms with Crippen molar-refractivity contribution < 1.29 is 26.5 Å². The maximum atomic E-state index is 12.6. The fourth-order valence-electron chi connectivity index (χ4n) is 1.92. The van der Waals surface area contributed by atoms with Crippen LogP contribution in [0.3, 0.4) is 0 Å². The summed E-state index contributed by atoms with van der Waals surface area (Å²) < 4.78 is 72.4. The van der Waals surface area contributed by atoms with Crippen molar-refractivity contribution in [2.45, 2.75) is 76.8 Å². The zero-order chi connectivity index (χ0) is 16.4. The van der Waals surface area contributed by atoms with Gasteiger partial charge in [-0.15, -0.1) is 0 Å². The number of hydrogen-bond acceptors (Lipinski definition) is 1. The van der Waals surface area contributed by atoms with Gasteiger partial charge in [-0.25, -0.2) is 0 Å². The monoisotopic (exact) mass is 336 g/mol. The zero-order valence-electron chi connectivity index (χ0n) is 12.5. The van der Waals surface area contributed by atoms with Crippen molar-refractivity contribution >= 4 is 11.2 Å². The first kappa shape index (κ1) is 21.0. The molecule has 0 aliphatic rings. The summed E-state index contributed by atoms with van der Waals surface area (Å²) in [4.78, 5) is 0. The lowest BCUT2D eigenvalue weighted by Crippen LogP contribution is -2.36. The second-order valence-electron chi connectivity index (χ2n) is 5.28. The Morgan fingerprint density at radius 2 is 1.24 bits per heavy atom. The highest BCUT2D eigenvalue weighted by Crippen LogP contribution is 2.38.